The molecule has 6 nitrogen and oxygen atoms in total. The number of methoxy groups -OCH3 is 1. The topological polar surface area (TPSA) is 70.1 Å². The van der Waals surface area contributed by atoms with Gasteiger partial charge in [0.2, 0.25) is 0 Å². The molecule has 1 aliphatic heterocycles. The van der Waals surface area contributed by atoms with Crippen LogP contribution in [0.3, 0.4) is 0 Å². The van der Waals surface area contributed by atoms with Crippen molar-refractivity contribution in [3.05, 3.63) is 70.3 Å². The van der Waals surface area contributed by atoms with E-state index in [1.165, 1.54) is 4.90 Å². The lowest BCUT2D eigenvalue weighted by Gasteiger charge is -2.28. The molecule has 0 spiro atoms. The SMILES string of the molecule is CCN(CC)CCN1C(=O)C(=O)/C(=C(\O)c2cccc(Cl)c2)C1c1cccc(OC)c1. The number of hydrogen-bond donors (Lipinski definition) is 1. The number of hydrogen-bond acceptors (Lipinski definition) is 5. The normalized spacial score (nSPS) is 18.1. The average Bonchev–Trinajstić information content (AvgIpc) is 3.04. The Morgan fingerprint density at radius 1 is 1.13 bits per heavy atom. The van der Waals surface area contributed by atoms with E-state index in [0.717, 1.165) is 13.1 Å². The fourth-order valence-corrected chi connectivity index (χ4v) is 4.04. The van der Waals surface area contributed by atoms with Crippen LogP contribution in [-0.2, 0) is 9.59 Å². The number of likely N-dealkylation sites (tertiary alicyclic amines) is 1. The summed E-state index contributed by atoms with van der Waals surface area (Å²) < 4.78 is 5.34. The summed E-state index contributed by atoms with van der Waals surface area (Å²) in [5.41, 5.74) is 1.14. The molecule has 2 aromatic rings. The maximum atomic E-state index is 13.1. The molecule has 0 radical (unpaired) electrons. The van der Waals surface area contributed by atoms with Gasteiger partial charge >= 0.3 is 0 Å². The molecule has 1 atom stereocenters. The van der Waals surface area contributed by atoms with Crippen LogP contribution in [0.4, 0.5) is 0 Å². The first-order chi connectivity index (χ1) is 14.9. The monoisotopic (exact) mass is 442 g/mol. The number of amides is 1. The number of likely N-dealkylation sites (N-methyl/N-ethyl adjacent to an activating group) is 1. The molecule has 1 N–H and O–H groups in total. The van der Waals surface area contributed by atoms with Crippen LogP contribution in [0.5, 0.6) is 5.75 Å². The summed E-state index contributed by atoms with van der Waals surface area (Å²) in [7, 11) is 1.56. The molecule has 164 valence electrons. The van der Waals surface area contributed by atoms with Crippen LogP contribution >= 0.6 is 11.6 Å². The van der Waals surface area contributed by atoms with E-state index in [-0.39, 0.29) is 11.3 Å². The number of halogens is 1. The Morgan fingerprint density at radius 3 is 2.48 bits per heavy atom. The first kappa shape index (κ1) is 22.8. The number of ketones is 1. The van der Waals surface area contributed by atoms with E-state index in [1.54, 1.807) is 49.6 Å². The fraction of sp³-hybridized carbons (Fsp3) is 0.333. The number of benzene rings is 2. The smallest absolute Gasteiger partial charge is 0.295 e. The maximum absolute atomic E-state index is 13.1. The van der Waals surface area contributed by atoms with Crippen LogP contribution < -0.4 is 4.74 Å². The van der Waals surface area contributed by atoms with Gasteiger partial charge < -0.3 is 19.6 Å². The van der Waals surface area contributed by atoms with Crippen LogP contribution in [0.2, 0.25) is 5.02 Å². The minimum absolute atomic E-state index is 0.0556. The predicted octanol–water partition coefficient (Wildman–Crippen LogP) is 4.11. The van der Waals surface area contributed by atoms with Gasteiger partial charge in [0.15, 0.2) is 0 Å². The number of rotatable bonds is 8. The van der Waals surface area contributed by atoms with Gasteiger partial charge in [0.05, 0.1) is 18.7 Å². The summed E-state index contributed by atoms with van der Waals surface area (Å²) in [4.78, 5) is 29.8. The quantitative estimate of drug-likeness (QED) is 0.378. The number of ether oxygens (including phenoxy) is 1. The fourth-order valence-electron chi connectivity index (χ4n) is 3.85. The van der Waals surface area contributed by atoms with E-state index in [2.05, 4.69) is 18.7 Å². The Labute approximate surface area is 187 Å². The van der Waals surface area contributed by atoms with Crippen molar-refractivity contribution in [1.29, 1.82) is 0 Å². The maximum Gasteiger partial charge on any atom is 0.295 e. The molecule has 1 heterocycles. The molecular formula is C24H27ClN2O4. The highest BCUT2D eigenvalue weighted by Crippen LogP contribution is 2.40. The summed E-state index contributed by atoms with van der Waals surface area (Å²) >= 11 is 6.08. The Kier molecular flexibility index (Phi) is 7.36. The summed E-state index contributed by atoms with van der Waals surface area (Å²) in [6, 6.07) is 13.1. The molecule has 2 aromatic carbocycles. The zero-order valence-corrected chi connectivity index (χ0v) is 18.7. The van der Waals surface area contributed by atoms with Crippen LogP contribution in [0.25, 0.3) is 5.76 Å². The number of nitrogens with zero attached hydrogens (tertiary/aromatic N) is 2. The lowest BCUT2D eigenvalue weighted by molar-refractivity contribution is -0.140. The zero-order chi connectivity index (χ0) is 22.5. The third kappa shape index (κ3) is 4.75. The van der Waals surface area contributed by atoms with Crippen LogP contribution in [0.1, 0.15) is 31.0 Å². The second-order valence-electron chi connectivity index (χ2n) is 7.31. The highest BCUT2D eigenvalue weighted by molar-refractivity contribution is 6.46. The molecular weight excluding hydrogens is 416 g/mol. The highest BCUT2D eigenvalue weighted by Gasteiger charge is 2.46. The zero-order valence-electron chi connectivity index (χ0n) is 18.0. The van der Waals surface area contributed by atoms with Gasteiger partial charge in [-0.25, -0.2) is 0 Å². The van der Waals surface area contributed by atoms with Crippen LogP contribution in [-0.4, -0.2) is 59.9 Å². The van der Waals surface area contributed by atoms with Gasteiger partial charge in [0, 0.05) is 23.7 Å². The largest absolute Gasteiger partial charge is 0.507 e. The Morgan fingerprint density at radius 2 is 1.84 bits per heavy atom. The van der Waals surface area contributed by atoms with Crippen molar-refractivity contribution in [2.75, 3.05) is 33.3 Å². The minimum atomic E-state index is -0.718. The van der Waals surface area contributed by atoms with Crippen molar-refractivity contribution in [3.8, 4) is 5.75 Å². The summed E-state index contributed by atoms with van der Waals surface area (Å²) in [5, 5.41) is 11.5. The number of carbonyl (C=O) groups excluding carboxylic acids is 2. The van der Waals surface area contributed by atoms with Gasteiger partial charge in [-0.3, -0.25) is 9.59 Å². The first-order valence-corrected chi connectivity index (χ1v) is 10.7. The molecule has 0 aromatic heterocycles. The van der Waals surface area contributed by atoms with Gasteiger partial charge in [0.25, 0.3) is 11.7 Å². The van der Waals surface area contributed by atoms with Crippen molar-refractivity contribution in [1.82, 2.24) is 9.80 Å². The molecule has 0 saturated carbocycles. The molecule has 0 bridgehead atoms. The van der Waals surface area contributed by atoms with E-state index < -0.39 is 17.7 Å². The molecule has 31 heavy (non-hydrogen) atoms. The Bertz CT molecular complexity index is 1000. The van der Waals surface area contributed by atoms with Crippen molar-refractivity contribution in [3.63, 3.8) is 0 Å². The molecule has 7 heteroatoms. The molecule has 3 rings (SSSR count). The van der Waals surface area contributed by atoms with E-state index in [1.807, 2.05) is 6.07 Å². The van der Waals surface area contributed by atoms with Gasteiger partial charge in [0.1, 0.15) is 11.5 Å². The first-order valence-electron chi connectivity index (χ1n) is 10.3. The number of carbonyl (C=O) groups is 2. The number of aliphatic hydroxyl groups is 1. The Hall–Kier alpha value is -2.83. The summed E-state index contributed by atoms with van der Waals surface area (Å²) in [6.45, 7) is 6.77. The van der Waals surface area contributed by atoms with Gasteiger partial charge in [-0.05, 0) is 42.9 Å². The van der Waals surface area contributed by atoms with Crippen molar-refractivity contribution >= 4 is 29.1 Å². The van der Waals surface area contributed by atoms with Crippen molar-refractivity contribution < 1.29 is 19.4 Å². The lowest BCUT2D eigenvalue weighted by Crippen LogP contribution is -2.38. The standard InChI is InChI=1S/C24H27ClN2O4/c1-4-26(5-2)12-13-27-21(16-8-7-11-19(15-16)31-3)20(23(29)24(27)30)22(28)17-9-6-10-18(25)14-17/h6-11,14-15,21,28H,4-5,12-13H2,1-3H3/b22-20-. The molecule has 1 aliphatic rings. The molecule has 0 aliphatic carbocycles. The predicted molar refractivity (Wildman–Crippen MR) is 121 cm³/mol. The molecule has 1 fully saturated rings. The molecule has 1 unspecified atom stereocenters. The minimum Gasteiger partial charge on any atom is -0.507 e. The van der Waals surface area contributed by atoms with E-state index in [9.17, 15) is 14.7 Å². The van der Waals surface area contributed by atoms with Crippen LogP contribution in [0.15, 0.2) is 54.1 Å². The average molecular weight is 443 g/mol. The molecule has 1 amide bonds. The molecule has 1 saturated heterocycles. The Balaban J connectivity index is 2.12. The van der Waals surface area contributed by atoms with Crippen LogP contribution in [0, 0.1) is 0 Å². The van der Waals surface area contributed by atoms with E-state index >= 15 is 0 Å². The lowest BCUT2D eigenvalue weighted by atomic mass is 9.95. The number of aliphatic hydroxyl groups excluding tert-OH is 1. The van der Waals surface area contributed by atoms with E-state index in [4.69, 9.17) is 16.3 Å². The summed E-state index contributed by atoms with van der Waals surface area (Å²) in [6.07, 6.45) is 0. The van der Waals surface area contributed by atoms with Crippen molar-refractivity contribution in [2.24, 2.45) is 0 Å². The number of Topliss-reactive ketones (excluding diaryl/α,β-unsaturated/α-hetero) is 1. The van der Waals surface area contributed by atoms with Gasteiger partial charge in [-0.1, -0.05) is 49.7 Å². The third-order valence-corrected chi connectivity index (χ3v) is 5.83. The highest BCUT2D eigenvalue weighted by atomic mass is 35.5. The second kappa shape index (κ2) is 9.98. The summed E-state index contributed by atoms with van der Waals surface area (Å²) in [5.74, 6) is -0.956. The van der Waals surface area contributed by atoms with Gasteiger partial charge in [-0.15, -0.1) is 0 Å². The van der Waals surface area contributed by atoms with Gasteiger partial charge in [-0.2, -0.15) is 0 Å². The second-order valence-corrected chi connectivity index (χ2v) is 7.74. The van der Waals surface area contributed by atoms with Crippen molar-refractivity contribution in [2.45, 2.75) is 19.9 Å². The van der Waals surface area contributed by atoms with E-state index in [0.29, 0.717) is 35.0 Å². The third-order valence-electron chi connectivity index (χ3n) is 5.60.